The minimum atomic E-state index is -0.306. The van der Waals surface area contributed by atoms with Gasteiger partial charge in [-0.05, 0) is 62.1 Å². The Morgan fingerprint density at radius 2 is 0.875 bits per heavy atom. The molecule has 2 heterocycles. The van der Waals surface area contributed by atoms with Crippen LogP contribution in [0.25, 0.3) is 43.1 Å². The molecule has 202 valence electrons. The van der Waals surface area contributed by atoms with Crippen molar-refractivity contribution in [3.63, 3.8) is 0 Å². The number of carbonyl (C=O) groups excluding carboxylic acids is 2. The molecule has 4 nitrogen and oxygen atoms in total. The monoisotopic (exact) mass is 566 g/mol. The zero-order valence-corrected chi connectivity index (χ0v) is 24.6. The molecular weight excluding hydrogens is 537 g/mol. The first-order valence-electron chi connectivity index (χ1n) is 13.2. The van der Waals surface area contributed by atoms with E-state index < -0.39 is 0 Å². The largest absolute Gasteiger partial charge is 0.462 e. The molecular formula is C34H30O4S2. The number of carbonyl (C=O) groups is 2. The van der Waals surface area contributed by atoms with E-state index in [1.807, 2.05) is 76.2 Å². The van der Waals surface area contributed by atoms with Gasteiger partial charge in [-0.2, -0.15) is 0 Å². The second kappa shape index (κ2) is 12.0. The zero-order valence-electron chi connectivity index (χ0n) is 22.9. The zero-order chi connectivity index (χ0) is 28.2. The van der Waals surface area contributed by atoms with Gasteiger partial charge in [0.1, 0.15) is 9.75 Å². The van der Waals surface area contributed by atoms with Crippen molar-refractivity contribution in [3.05, 3.63) is 106 Å². The van der Waals surface area contributed by atoms with E-state index in [0.717, 1.165) is 54.3 Å². The summed E-state index contributed by atoms with van der Waals surface area (Å²) in [6, 6.07) is 28.7. The predicted molar refractivity (Wildman–Crippen MR) is 165 cm³/mol. The van der Waals surface area contributed by atoms with Gasteiger partial charge in [-0.3, -0.25) is 0 Å². The van der Waals surface area contributed by atoms with E-state index in [1.165, 1.54) is 22.7 Å². The molecule has 0 aliphatic heterocycles. The summed E-state index contributed by atoms with van der Waals surface area (Å²) in [6.07, 6.45) is 0. The van der Waals surface area contributed by atoms with Crippen molar-refractivity contribution in [1.29, 1.82) is 0 Å². The average molecular weight is 567 g/mol. The molecule has 3 aromatic carbocycles. The van der Waals surface area contributed by atoms with Crippen LogP contribution in [0.1, 0.15) is 44.3 Å². The lowest BCUT2D eigenvalue weighted by atomic mass is 10.0. The molecule has 0 amide bonds. The summed E-state index contributed by atoms with van der Waals surface area (Å²) in [5.41, 5.74) is 8.08. The molecule has 0 saturated heterocycles. The van der Waals surface area contributed by atoms with E-state index >= 15 is 0 Å². The summed E-state index contributed by atoms with van der Waals surface area (Å²) in [4.78, 5) is 28.8. The maximum absolute atomic E-state index is 12.8. The lowest BCUT2D eigenvalue weighted by Gasteiger charge is -2.04. The SMILES string of the molecule is CCOC(=O)c1sc(-c2ccc(-c3cc(-c4ccc(C)cc4)c(C(=O)OCC)s3)cc2)cc1-c1ccc(C)cc1. The first-order valence-corrected chi connectivity index (χ1v) is 14.9. The summed E-state index contributed by atoms with van der Waals surface area (Å²) in [6.45, 7) is 8.38. The lowest BCUT2D eigenvalue weighted by molar-refractivity contribution is 0.0523. The van der Waals surface area contributed by atoms with Crippen LogP contribution in [0.4, 0.5) is 0 Å². The van der Waals surface area contributed by atoms with Gasteiger partial charge in [0, 0.05) is 20.9 Å². The molecule has 0 aliphatic rings. The fourth-order valence-electron chi connectivity index (χ4n) is 4.46. The third kappa shape index (κ3) is 5.79. The van der Waals surface area contributed by atoms with Gasteiger partial charge in [0.05, 0.1) is 13.2 Å². The maximum Gasteiger partial charge on any atom is 0.348 e. The Balaban J connectivity index is 1.50. The number of hydrogen-bond donors (Lipinski definition) is 0. The summed E-state index contributed by atoms with van der Waals surface area (Å²) >= 11 is 2.89. The van der Waals surface area contributed by atoms with E-state index in [-0.39, 0.29) is 11.9 Å². The number of hydrogen-bond acceptors (Lipinski definition) is 6. The number of rotatable bonds is 8. The lowest BCUT2D eigenvalue weighted by Crippen LogP contribution is -2.03. The summed E-state index contributed by atoms with van der Waals surface area (Å²) in [7, 11) is 0. The minimum Gasteiger partial charge on any atom is -0.462 e. The molecule has 0 N–H and O–H groups in total. The maximum atomic E-state index is 12.8. The van der Waals surface area contributed by atoms with Crippen LogP contribution in [0, 0.1) is 13.8 Å². The first-order chi connectivity index (χ1) is 19.4. The van der Waals surface area contributed by atoms with Gasteiger partial charge in [0.25, 0.3) is 0 Å². The fourth-order valence-corrected chi connectivity index (χ4v) is 6.62. The normalized spacial score (nSPS) is 10.9. The smallest absolute Gasteiger partial charge is 0.348 e. The third-order valence-corrected chi connectivity index (χ3v) is 8.89. The van der Waals surface area contributed by atoms with Gasteiger partial charge in [-0.15, -0.1) is 22.7 Å². The minimum absolute atomic E-state index is 0.306. The molecule has 0 spiro atoms. The van der Waals surface area contributed by atoms with Crippen LogP contribution >= 0.6 is 22.7 Å². The van der Waals surface area contributed by atoms with Gasteiger partial charge in [0.2, 0.25) is 0 Å². The summed E-state index contributed by atoms with van der Waals surface area (Å²) in [5, 5.41) is 0. The highest BCUT2D eigenvalue weighted by Gasteiger charge is 2.21. The van der Waals surface area contributed by atoms with Crippen LogP contribution in [0.5, 0.6) is 0 Å². The van der Waals surface area contributed by atoms with Crippen molar-refractivity contribution >= 4 is 34.6 Å². The highest BCUT2D eigenvalue weighted by atomic mass is 32.1. The van der Waals surface area contributed by atoms with Gasteiger partial charge in [-0.25, -0.2) is 9.59 Å². The summed E-state index contributed by atoms with van der Waals surface area (Å²) in [5.74, 6) is -0.612. The Morgan fingerprint density at radius 1 is 0.550 bits per heavy atom. The molecule has 0 aliphatic carbocycles. The summed E-state index contributed by atoms with van der Waals surface area (Å²) < 4.78 is 10.7. The van der Waals surface area contributed by atoms with E-state index in [2.05, 4.69) is 36.4 Å². The molecule has 5 rings (SSSR count). The molecule has 0 unspecified atom stereocenters. The van der Waals surface area contributed by atoms with Crippen molar-refractivity contribution in [3.8, 4) is 43.1 Å². The van der Waals surface area contributed by atoms with Crippen LogP contribution in [0.2, 0.25) is 0 Å². The van der Waals surface area contributed by atoms with Crippen molar-refractivity contribution in [1.82, 2.24) is 0 Å². The third-order valence-electron chi connectivity index (χ3n) is 6.56. The molecule has 40 heavy (non-hydrogen) atoms. The highest BCUT2D eigenvalue weighted by Crippen LogP contribution is 2.41. The van der Waals surface area contributed by atoms with Crippen molar-refractivity contribution < 1.29 is 19.1 Å². The molecule has 2 aromatic heterocycles. The van der Waals surface area contributed by atoms with Gasteiger partial charge >= 0.3 is 11.9 Å². The van der Waals surface area contributed by atoms with Crippen LogP contribution in [-0.2, 0) is 9.47 Å². The Bertz CT molecular complexity index is 1520. The second-order valence-electron chi connectivity index (χ2n) is 9.46. The van der Waals surface area contributed by atoms with E-state index in [9.17, 15) is 9.59 Å². The Kier molecular flexibility index (Phi) is 8.29. The number of esters is 2. The Hall–Kier alpha value is -4.00. The van der Waals surface area contributed by atoms with Crippen molar-refractivity contribution in [2.45, 2.75) is 27.7 Å². The van der Waals surface area contributed by atoms with Crippen molar-refractivity contribution in [2.75, 3.05) is 13.2 Å². The van der Waals surface area contributed by atoms with Gasteiger partial charge in [0.15, 0.2) is 0 Å². The number of thiophene rings is 2. The Morgan fingerprint density at radius 3 is 1.20 bits per heavy atom. The molecule has 0 bridgehead atoms. The molecule has 5 aromatic rings. The van der Waals surface area contributed by atoms with E-state index in [0.29, 0.717) is 23.0 Å². The average Bonchev–Trinajstić information content (AvgIpc) is 3.60. The number of benzene rings is 3. The van der Waals surface area contributed by atoms with E-state index in [1.54, 1.807) is 0 Å². The molecule has 6 heteroatoms. The fraction of sp³-hybridized carbons (Fsp3) is 0.176. The highest BCUT2D eigenvalue weighted by molar-refractivity contribution is 7.18. The Labute approximate surface area is 242 Å². The second-order valence-corrected chi connectivity index (χ2v) is 11.6. The van der Waals surface area contributed by atoms with Crippen LogP contribution in [-0.4, -0.2) is 25.2 Å². The van der Waals surface area contributed by atoms with Crippen LogP contribution in [0.3, 0.4) is 0 Å². The predicted octanol–water partition coefficient (Wildman–Crippen LogP) is 9.45. The number of ether oxygens (including phenoxy) is 2. The molecule has 0 saturated carbocycles. The molecule has 0 radical (unpaired) electrons. The van der Waals surface area contributed by atoms with Crippen molar-refractivity contribution in [2.24, 2.45) is 0 Å². The van der Waals surface area contributed by atoms with Crippen LogP contribution < -0.4 is 0 Å². The first kappa shape index (κ1) is 27.6. The quantitative estimate of drug-likeness (QED) is 0.176. The van der Waals surface area contributed by atoms with E-state index in [4.69, 9.17) is 9.47 Å². The van der Waals surface area contributed by atoms with Gasteiger partial charge < -0.3 is 9.47 Å². The van der Waals surface area contributed by atoms with Gasteiger partial charge in [-0.1, -0.05) is 83.9 Å². The molecule has 0 atom stereocenters. The van der Waals surface area contributed by atoms with Crippen LogP contribution in [0.15, 0.2) is 84.9 Å². The number of aryl methyl sites for hydroxylation is 2. The molecule has 0 fully saturated rings. The standard InChI is InChI=1S/C34H30O4S2/c1-5-37-33(35)31-27(23-11-7-21(3)8-12-23)19-29(39-31)25-15-17-26(18-16-25)30-20-28(24-13-9-22(4)10-14-24)32(40-30)34(36)38-6-2/h7-20H,5-6H2,1-4H3. The topological polar surface area (TPSA) is 52.6 Å².